The van der Waals surface area contributed by atoms with E-state index < -0.39 is 12.0 Å². The van der Waals surface area contributed by atoms with Crippen LogP contribution in [0.15, 0.2) is 53.1 Å². The molecule has 2 unspecified atom stereocenters. The molecule has 4 rings (SSSR count). The molecule has 1 aliphatic heterocycles. The number of nitrogens with one attached hydrogen (secondary N) is 3. The van der Waals surface area contributed by atoms with Crippen LogP contribution in [0.1, 0.15) is 39.2 Å². The van der Waals surface area contributed by atoms with Crippen LogP contribution < -0.4 is 16.2 Å². The molecule has 8 nitrogen and oxygen atoms in total. The van der Waals surface area contributed by atoms with Gasteiger partial charge >= 0.3 is 5.97 Å². The van der Waals surface area contributed by atoms with Crippen molar-refractivity contribution in [3.63, 3.8) is 0 Å². The largest absolute Gasteiger partial charge is 0.468 e. The van der Waals surface area contributed by atoms with E-state index >= 15 is 0 Å². The Bertz CT molecular complexity index is 987. The Balaban J connectivity index is 1.47. The molecule has 1 aliphatic rings. The van der Waals surface area contributed by atoms with Crippen molar-refractivity contribution in [3.05, 3.63) is 70.6 Å². The maximum absolute atomic E-state index is 12.7. The molecule has 1 amide bonds. The summed E-state index contributed by atoms with van der Waals surface area (Å²) < 4.78 is 10.2. The first-order chi connectivity index (χ1) is 14.1. The minimum atomic E-state index is -0.522. The average Bonchev–Trinajstić information content (AvgIpc) is 3.48. The molecule has 150 valence electrons. The van der Waals surface area contributed by atoms with Gasteiger partial charge in [-0.05, 0) is 24.1 Å². The van der Waals surface area contributed by atoms with E-state index in [-0.39, 0.29) is 17.6 Å². The summed E-state index contributed by atoms with van der Waals surface area (Å²) in [6.45, 7) is 0. The fourth-order valence-corrected chi connectivity index (χ4v) is 4.15. The Labute approximate surface area is 171 Å². The lowest BCUT2D eigenvalue weighted by atomic mass is 10.1. The summed E-state index contributed by atoms with van der Waals surface area (Å²) in [6.07, 6.45) is 2.66. The molecule has 2 atom stereocenters. The maximum Gasteiger partial charge on any atom is 0.357 e. The lowest BCUT2D eigenvalue weighted by Crippen LogP contribution is -2.39. The highest BCUT2D eigenvalue weighted by molar-refractivity contribution is 7.16. The van der Waals surface area contributed by atoms with Crippen LogP contribution in [0.3, 0.4) is 0 Å². The van der Waals surface area contributed by atoms with Crippen molar-refractivity contribution in [1.29, 1.82) is 0 Å². The first-order valence-corrected chi connectivity index (χ1v) is 9.93. The Kier molecular flexibility index (Phi) is 5.70. The zero-order chi connectivity index (χ0) is 20.2. The highest BCUT2D eigenvalue weighted by Crippen LogP contribution is 2.28. The smallest absolute Gasteiger partial charge is 0.357 e. The van der Waals surface area contributed by atoms with Gasteiger partial charge in [0.15, 0.2) is 10.8 Å². The number of ether oxygens (including phenoxy) is 1. The first-order valence-electron chi connectivity index (χ1n) is 9.11. The lowest BCUT2D eigenvalue weighted by molar-refractivity contribution is -0.117. The van der Waals surface area contributed by atoms with Gasteiger partial charge in [-0.3, -0.25) is 4.79 Å². The summed E-state index contributed by atoms with van der Waals surface area (Å²) in [5.41, 5.74) is 7.30. The molecule has 3 N–H and O–H groups in total. The molecule has 3 aromatic rings. The SMILES string of the molecule is COC(=O)c1nc(NC(=O)C2CC(c3ccco3)NN2)sc1Cc1ccccc1. The monoisotopic (exact) mass is 412 g/mol. The highest BCUT2D eigenvalue weighted by Gasteiger charge is 2.32. The van der Waals surface area contributed by atoms with Gasteiger partial charge in [-0.1, -0.05) is 30.3 Å². The number of amides is 1. The zero-order valence-corrected chi connectivity index (χ0v) is 16.5. The number of hydrazine groups is 1. The number of anilines is 1. The van der Waals surface area contributed by atoms with Crippen molar-refractivity contribution in [2.45, 2.75) is 24.9 Å². The van der Waals surface area contributed by atoms with Gasteiger partial charge < -0.3 is 14.5 Å². The number of rotatable bonds is 6. The van der Waals surface area contributed by atoms with Crippen molar-refractivity contribution in [3.8, 4) is 0 Å². The summed E-state index contributed by atoms with van der Waals surface area (Å²) in [4.78, 5) is 29.8. The van der Waals surface area contributed by atoms with E-state index in [1.807, 2.05) is 42.5 Å². The average molecular weight is 412 g/mol. The predicted molar refractivity (Wildman–Crippen MR) is 107 cm³/mol. The number of hydrogen-bond acceptors (Lipinski definition) is 8. The van der Waals surface area contributed by atoms with Crippen LogP contribution in [0.2, 0.25) is 0 Å². The molecule has 0 spiro atoms. The van der Waals surface area contributed by atoms with E-state index in [0.29, 0.717) is 18.0 Å². The Hall–Kier alpha value is -3.01. The topological polar surface area (TPSA) is 105 Å². The third kappa shape index (κ3) is 4.37. The van der Waals surface area contributed by atoms with Gasteiger partial charge in [0.05, 0.1) is 19.4 Å². The van der Waals surface area contributed by atoms with Crippen molar-refractivity contribution < 1.29 is 18.7 Å². The summed E-state index contributed by atoms with van der Waals surface area (Å²) in [6, 6.07) is 12.9. The van der Waals surface area contributed by atoms with E-state index in [9.17, 15) is 9.59 Å². The van der Waals surface area contributed by atoms with Crippen LogP contribution in [0.4, 0.5) is 5.13 Å². The van der Waals surface area contributed by atoms with E-state index in [2.05, 4.69) is 21.2 Å². The fraction of sp³-hybridized carbons (Fsp3) is 0.250. The van der Waals surface area contributed by atoms with Gasteiger partial charge in [0, 0.05) is 11.3 Å². The molecule has 3 heterocycles. The van der Waals surface area contributed by atoms with Crippen molar-refractivity contribution in [1.82, 2.24) is 15.8 Å². The van der Waals surface area contributed by atoms with Gasteiger partial charge in [0.2, 0.25) is 5.91 Å². The molecule has 2 aromatic heterocycles. The minimum Gasteiger partial charge on any atom is -0.468 e. The minimum absolute atomic E-state index is 0.0867. The Morgan fingerprint density at radius 1 is 1.24 bits per heavy atom. The second-order valence-electron chi connectivity index (χ2n) is 6.58. The molecule has 0 saturated carbocycles. The Morgan fingerprint density at radius 3 is 2.79 bits per heavy atom. The normalized spacial score (nSPS) is 18.5. The highest BCUT2D eigenvalue weighted by atomic mass is 32.1. The van der Waals surface area contributed by atoms with Crippen LogP contribution in [0.25, 0.3) is 0 Å². The lowest BCUT2D eigenvalue weighted by Gasteiger charge is -2.07. The molecule has 0 bridgehead atoms. The quantitative estimate of drug-likeness (QED) is 0.535. The number of benzene rings is 1. The zero-order valence-electron chi connectivity index (χ0n) is 15.7. The van der Waals surface area contributed by atoms with Gasteiger partial charge in [0.25, 0.3) is 0 Å². The van der Waals surface area contributed by atoms with Gasteiger partial charge in [-0.2, -0.15) is 0 Å². The predicted octanol–water partition coefficient (Wildman–Crippen LogP) is 2.66. The van der Waals surface area contributed by atoms with Gasteiger partial charge in [-0.25, -0.2) is 20.6 Å². The number of esters is 1. The van der Waals surface area contributed by atoms with Gasteiger partial charge in [-0.15, -0.1) is 11.3 Å². The molecular formula is C20H20N4O4S. The third-order valence-corrected chi connectivity index (χ3v) is 5.59. The number of thiazole rings is 1. The van der Waals surface area contributed by atoms with E-state index in [0.717, 1.165) is 16.2 Å². The van der Waals surface area contributed by atoms with Crippen molar-refractivity contribution in [2.24, 2.45) is 0 Å². The summed E-state index contributed by atoms with van der Waals surface area (Å²) in [5, 5.41) is 3.17. The van der Waals surface area contributed by atoms with E-state index in [1.54, 1.807) is 6.26 Å². The number of hydrogen-bond donors (Lipinski definition) is 3. The summed E-state index contributed by atoms with van der Waals surface area (Å²) in [5.74, 6) is 0.00868. The van der Waals surface area contributed by atoms with E-state index in [4.69, 9.17) is 9.15 Å². The first kappa shape index (κ1) is 19.3. The standard InChI is InChI=1S/C20H20N4O4S/c1-27-19(26)17-16(10-12-6-3-2-4-7-12)29-20(21-17)22-18(25)14-11-13(23-24-14)15-8-5-9-28-15/h2-9,13-14,23-24H,10-11H2,1H3,(H,21,22,25). The molecule has 9 heteroatoms. The molecule has 0 radical (unpaired) electrons. The molecular weight excluding hydrogens is 392 g/mol. The number of aromatic nitrogens is 1. The van der Waals surface area contributed by atoms with Gasteiger partial charge in [0.1, 0.15) is 11.8 Å². The molecule has 1 fully saturated rings. The van der Waals surface area contributed by atoms with Crippen LogP contribution in [-0.2, 0) is 16.0 Å². The van der Waals surface area contributed by atoms with Crippen molar-refractivity contribution >= 4 is 28.3 Å². The second-order valence-corrected chi connectivity index (χ2v) is 7.66. The number of furan rings is 1. The number of carbonyl (C=O) groups is 2. The molecule has 1 saturated heterocycles. The molecule has 29 heavy (non-hydrogen) atoms. The summed E-state index contributed by atoms with van der Waals surface area (Å²) >= 11 is 1.27. The van der Waals surface area contributed by atoms with Crippen LogP contribution in [0.5, 0.6) is 0 Å². The number of methoxy groups -OCH3 is 1. The second kappa shape index (κ2) is 8.56. The fourth-order valence-electron chi connectivity index (χ4n) is 3.16. The number of carbonyl (C=O) groups excluding carboxylic acids is 2. The van der Waals surface area contributed by atoms with Crippen LogP contribution >= 0.6 is 11.3 Å². The van der Waals surface area contributed by atoms with E-state index in [1.165, 1.54) is 18.4 Å². The molecule has 1 aromatic carbocycles. The van der Waals surface area contributed by atoms with Crippen LogP contribution in [0, 0.1) is 0 Å². The number of nitrogens with zero attached hydrogens (tertiary/aromatic N) is 1. The van der Waals surface area contributed by atoms with Crippen LogP contribution in [-0.4, -0.2) is 30.0 Å². The Morgan fingerprint density at radius 2 is 2.07 bits per heavy atom. The molecule has 0 aliphatic carbocycles. The summed E-state index contributed by atoms with van der Waals surface area (Å²) in [7, 11) is 1.31. The maximum atomic E-state index is 12.7. The van der Waals surface area contributed by atoms with Crippen molar-refractivity contribution in [2.75, 3.05) is 12.4 Å². The third-order valence-electron chi connectivity index (χ3n) is 4.62.